The molecular formula is C15H18N4O2S. The number of carbonyl (C=O) groups is 1. The van der Waals surface area contributed by atoms with E-state index in [1.807, 2.05) is 42.7 Å². The van der Waals surface area contributed by atoms with Crippen LogP contribution in [0.25, 0.3) is 15.7 Å². The van der Waals surface area contributed by atoms with Crippen LogP contribution in [0.1, 0.15) is 26.6 Å². The molecule has 22 heavy (non-hydrogen) atoms. The minimum absolute atomic E-state index is 0.0382. The predicted octanol–water partition coefficient (Wildman–Crippen LogP) is 1.80. The topological polar surface area (TPSA) is 68.4 Å². The maximum Gasteiger partial charge on any atom is 0.291 e. The van der Waals surface area contributed by atoms with E-state index in [9.17, 15) is 9.59 Å². The minimum Gasteiger partial charge on any atom is -0.352 e. The van der Waals surface area contributed by atoms with Crippen molar-refractivity contribution in [1.82, 2.24) is 19.5 Å². The number of carbonyl (C=O) groups excluding carboxylic acids is 1. The summed E-state index contributed by atoms with van der Waals surface area (Å²) in [5.41, 5.74) is 0.338. The molecule has 1 N–H and O–H groups in total. The molecule has 0 saturated carbocycles. The Hall–Kier alpha value is -2.15. The summed E-state index contributed by atoms with van der Waals surface area (Å²) in [4.78, 5) is 25.5. The third-order valence-corrected chi connectivity index (χ3v) is 4.33. The Bertz CT molecular complexity index is 903. The van der Waals surface area contributed by atoms with Gasteiger partial charge < -0.3 is 5.32 Å². The van der Waals surface area contributed by atoms with E-state index in [2.05, 4.69) is 10.4 Å². The van der Waals surface area contributed by atoms with Crippen molar-refractivity contribution in [1.29, 1.82) is 0 Å². The van der Waals surface area contributed by atoms with Crippen LogP contribution in [0.2, 0.25) is 0 Å². The van der Waals surface area contributed by atoms with Crippen LogP contribution in [0, 0.1) is 0 Å². The second kappa shape index (κ2) is 5.57. The fourth-order valence-corrected chi connectivity index (χ4v) is 3.45. The molecule has 0 atom stereocenters. The Morgan fingerprint density at radius 2 is 2.23 bits per heavy atom. The molecule has 3 aromatic heterocycles. The third-order valence-electron chi connectivity index (χ3n) is 3.42. The molecule has 0 saturated heterocycles. The number of hydrogen-bond donors (Lipinski definition) is 1. The van der Waals surface area contributed by atoms with Crippen molar-refractivity contribution in [3.05, 3.63) is 33.7 Å². The molecule has 0 aromatic carbocycles. The highest BCUT2D eigenvalue weighted by molar-refractivity contribution is 7.16. The summed E-state index contributed by atoms with van der Waals surface area (Å²) >= 11 is 1.59. The molecule has 3 rings (SSSR count). The van der Waals surface area contributed by atoms with Crippen LogP contribution < -0.4 is 10.9 Å². The van der Waals surface area contributed by atoms with Gasteiger partial charge in [-0.3, -0.25) is 14.0 Å². The fourth-order valence-electron chi connectivity index (χ4n) is 2.54. The van der Waals surface area contributed by atoms with Gasteiger partial charge in [-0.25, -0.2) is 4.68 Å². The predicted molar refractivity (Wildman–Crippen MR) is 87.5 cm³/mol. The normalized spacial score (nSPS) is 11.6. The first-order valence-electron chi connectivity index (χ1n) is 7.29. The summed E-state index contributed by atoms with van der Waals surface area (Å²) in [5.74, 6) is 0.578. The van der Waals surface area contributed by atoms with E-state index in [-0.39, 0.29) is 24.1 Å². The summed E-state index contributed by atoms with van der Waals surface area (Å²) < 4.78 is 3.16. The van der Waals surface area contributed by atoms with Gasteiger partial charge in [0.2, 0.25) is 5.91 Å². The lowest BCUT2D eigenvalue weighted by Gasteiger charge is -2.11. The van der Waals surface area contributed by atoms with E-state index in [1.165, 1.54) is 4.68 Å². The lowest BCUT2D eigenvalue weighted by atomic mass is 10.4. The SMILES string of the molecule is CCc1nn(CC(=O)NC(C)C)c(=O)c2cc3ccsc3n12. The van der Waals surface area contributed by atoms with Crippen molar-refractivity contribution in [2.45, 2.75) is 39.8 Å². The largest absolute Gasteiger partial charge is 0.352 e. The first kappa shape index (κ1) is 14.8. The molecule has 0 bridgehead atoms. The Kier molecular flexibility index (Phi) is 3.74. The third kappa shape index (κ3) is 2.41. The first-order chi connectivity index (χ1) is 10.5. The highest BCUT2D eigenvalue weighted by atomic mass is 32.1. The second-order valence-electron chi connectivity index (χ2n) is 5.50. The second-order valence-corrected chi connectivity index (χ2v) is 6.40. The smallest absolute Gasteiger partial charge is 0.291 e. The van der Waals surface area contributed by atoms with Crippen LogP contribution in [-0.4, -0.2) is 26.1 Å². The molecule has 0 aliphatic rings. The zero-order valence-electron chi connectivity index (χ0n) is 12.8. The van der Waals surface area contributed by atoms with Crippen molar-refractivity contribution < 1.29 is 4.79 Å². The zero-order chi connectivity index (χ0) is 15.9. The van der Waals surface area contributed by atoms with Gasteiger partial charge in [0.15, 0.2) is 0 Å². The van der Waals surface area contributed by atoms with Crippen LogP contribution in [0.4, 0.5) is 0 Å². The van der Waals surface area contributed by atoms with Gasteiger partial charge >= 0.3 is 0 Å². The van der Waals surface area contributed by atoms with E-state index in [0.717, 1.165) is 16.0 Å². The number of thiophene rings is 1. The van der Waals surface area contributed by atoms with Gasteiger partial charge in [0, 0.05) is 17.8 Å². The summed E-state index contributed by atoms with van der Waals surface area (Å²) in [6.45, 7) is 5.70. The van der Waals surface area contributed by atoms with Gasteiger partial charge in [-0.15, -0.1) is 11.3 Å². The molecule has 6 nitrogen and oxygen atoms in total. The first-order valence-corrected chi connectivity index (χ1v) is 8.17. The monoisotopic (exact) mass is 318 g/mol. The van der Waals surface area contributed by atoms with Gasteiger partial charge in [0.05, 0.1) is 0 Å². The lowest BCUT2D eigenvalue weighted by molar-refractivity contribution is -0.122. The van der Waals surface area contributed by atoms with Crippen LogP contribution in [0.5, 0.6) is 0 Å². The van der Waals surface area contributed by atoms with Gasteiger partial charge in [-0.05, 0) is 31.4 Å². The van der Waals surface area contributed by atoms with E-state index < -0.39 is 0 Å². The average molecular weight is 318 g/mol. The molecule has 0 radical (unpaired) electrons. The summed E-state index contributed by atoms with van der Waals surface area (Å²) in [5, 5.41) is 10.2. The van der Waals surface area contributed by atoms with Gasteiger partial charge in [0.25, 0.3) is 5.56 Å². The highest BCUT2D eigenvalue weighted by Crippen LogP contribution is 2.24. The standard InChI is InChI=1S/C15H18N4O2S/c1-4-12-17-18(8-13(20)16-9(2)3)14(21)11-7-10-5-6-22-15(10)19(11)12/h5-7,9H,4,8H2,1-3H3,(H,16,20). The summed E-state index contributed by atoms with van der Waals surface area (Å²) in [6, 6.07) is 3.89. The molecule has 0 spiro atoms. The number of aryl methyl sites for hydroxylation is 1. The Labute approximate surface area is 131 Å². The van der Waals surface area contributed by atoms with Crippen LogP contribution >= 0.6 is 11.3 Å². The number of hydrogen-bond acceptors (Lipinski definition) is 4. The Morgan fingerprint density at radius 1 is 1.45 bits per heavy atom. The molecule has 116 valence electrons. The maximum absolute atomic E-state index is 12.6. The highest BCUT2D eigenvalue weighted by Gasteiger charge is 2.16. The van der Waals surface area contributed by atoms with Crippen molar-refractivity contribution in [2.24, 2.45) is 0 Å². The Balaban J connectivity index is 2.14. The van der Waals surface area contributed by atoms with Gasteiger partial charge in [0.1, 0.15) is 22.7 Å². The molecular weight excluding hydrogens is 300 g/mol. The van der Waals surface area contributed by atoms with Crippen molar-refractivity contribution in [3.63, 3.8) is 0 Å². The molecule has 0 fully saturated rings. The van der Waals surface area contributed by atoms with E-state index >= 15 is 0 Å². The average Bonchev–Trinajstić information content (AvgIpc) is 3.02. The van der Waals surface area contributed by atoms with Crippen molar-refractivity contribution >= 4 is 33.0 Å². The molecule has 1 amide bonds. The number of fused-ring (bicyclic) bond motifs is 3. The van der Waals surface area contributed by atoms with Crippen LogP contribution in [0.3, 0.4) is 0 Å². The number of aromatic nitrogens is 3. The van der Waals surface area contributed by atoms with E-state index in [0.29, 0.717) is 11.9 Å². The summed E-state index contributed by atoms with van der Waals surface area (Å²) in [7, 11) is 0. The quantitative estimate of drug-likeness (QED) is 0.797. The van der Waals surface area contributed by atoms with E-state index in [1.54, 1.807) is 11.3 Å². The van der Waals surface area contributed by atoms with Crippen LogP contribution in [0.15, 0.2) is 22.3 Å². The lowest BCUT2D eigenvalue weighted by Crippen LogP contribution is -2.37. The number of nitrogens with one attached hydrogen (secondary N) is 1. The molecule has 3 heterocycles. The van der Waals surface area contributed by atoms with Crippen LogP contribution in [-0.2, 0) is 17.8 Å². The number of rotatable bonds is 4. The molecule has 3 aromatic rings. The Morgan fingerprint density at radius 3 is 2.91 bits per heavy atom. The molecule has 7 heteroatoms. The number of amides is 1. The minimum atomic E-state index is -0.237. The molecule has 0 aliphatic heterocycles. The van der Waals surface area contributed by atoms with Crippen molar-refractivity contribution in [2.75, 3.05) is 0 Å². The van der Waals surface area contributed by atoms with Crippen molar-refractivity contribution in [3.8, 4) is 0 Å². The number of nitrogens with zero attached hydrogens (tertiary/aromatic N) is 3. The molecule has 0 unspecified atom stereocenters. The molecule has 0 aliphatic carbocycles. The summed E-state index contributed by atoms with van der Waals surface area (Å²) in [6.07, 6.45) is 0.685. The van der Waals surface area contributed by atoms with E-state index in [4.69, 9.17) is 0 Å². The zero-order valence-corrected chi connectivity index (χ0v) is 13.6. The van der Waals surface area contributed by atoms with Gasteiger partial charge in [-0.2, -0.15) is 5.10 Å². The van der Waals surface area contributed by atoms with Gasteiger partial charge in [-0.1, -0.05) is 6.92 Å². The maximum atomic E-state index is 12.6. The fraction of sp³-hybridized carbons (Fsp3) is 0.400.